The maximum absolute atomic E-state index is 14.2. The fourth-order valence-corrected chi connectivity index (χ4v) is 6.54. The number of nitrogens with zero attached hydrogens (tertiary/aromatic N) is 4. The van der Waals surface area contributed by atoms with Crippen molar-refractivity contribution in [2.24, 2.45) is 4.99 Å². The topological polar surface area (TPSA) is 107 Å². The number of rotatable bonds is 7. The van der Waals surface area contributed by atoms with Crippen LogP contribution in [0.3, 0.4) is 0 Å². The summed E-state index contributed by atoms with van der Waals surface area (Å²) in [5, 5.41) is 11.6. The SMILES string of the molecule is CCOC(=O)C1=C(c2ccccc2)N=c2sc(=Cc3cc([N+](=O)[O-])ccc3N3CCCC3)c(=O)n2C1c1ccccc1. The molecule has 1 aromatic heterocycles. The van der Waals surface area contributed by atoms with Gasteiger partial charge in [0.05, 0.1) is 33.4 Å². The van der Waals surface area contributed by atoms with E-state index in [-0.39, 0.29) is 23.4 Å². The smallest absolute Gasteiger partial charge is 0.338 e. The van der Waals surface area contributed by atoms with Crippen molar-refractivity contribution in [2.75, 3.05) is 24.6 Å². The number of ether oxygens (including phenoxy) is 1. The lowest BCUT2D eigenvalue weighted by atomic mass is 9.93. The molecule has 1 unspecified atom stereocenters. The highest BCUT2D eigenvalue weighted by molar-refractivity contribution is 7.07. The molecule has 0 radical (unpaired) electrons. The van der Waals surface area contributed by atoms with Gasteiger partial charge in [-0.2, -0.15) is 0 Å². The number of nitro groups is 1. The number of anilines is 1. The van der Waals surface area contributed by atoms with Crippen molar-refractivity contribution in [2.45, 2.75) is 25.8 Å². The number of carbonyl (C=O) groups excluding carboxylic acids is 1. The van der Waals surface area contributed by atoms with Gasteiger partial charge < -0.3 is 9.64 Å². The average Bonchev–Trinajstić information content (AvgIpc) is 3.65. The molecule has 9 nitrogen and oxygen atoms in total. The lowest BCUT2D eigenvalue weighted by Crippen LogP contribution is -2.40. The zero-order valence-corrected chi connectivity index (χ0v) is 23.8. The first-order valence-corrected chi connectivity index (χ1v) is 14.6. The van der Waals surface area contributed by atoms with Crippen LogP contribution in [0.25, 0.3) is 11.8 Å². The summed E-state index contributed by atoms with van der Waals surface area (Å²) in [5.41, 5.74) is 3.26. The molecule has 4 aromatic rings. The van der Waals surface area contributed by atoms with Crippen LogP contribution in [0.15, 0.2) is 94.2 Å². The highest BCUT2D eigenvalue weighted by Gasteiger charge is 2.35. The van der Waals surface area contributed by atoms with Gasteiger partial charge in [0.25, 0.3) is 11.2 Å². The van der Waals surface area contributed by atoms with Gasteiger partial charge >= 0.3 is 5.97 Å². The number of benzene rings is 3. The summed E-state index contributed by atoms with van der Waals surface area (Å²) in [4.78, 5) is 46.4. The normalized spacial score (nSPS) is 16.7. The summed E-state index contributed by atoms with van der Waals surface area (Å²) in [6, 6.07) is 22.7. The van der Waals surface area contributed by atoms with Crippen LogP contribution in [-0.4, -0.2) is 35.2 Å². The van der Waals surface area contributed by atoms with Gasteiger partial charge in [0.2, 0.25) is 0 Å². The third-order valence-corrected chi connectivity index (χ3v) is 8.43. The van der Waals surface area contributed by atoms with Crippen molar-refractivity contribution in [3.63, 3.8) is 0 Å². The quantitative estimate of drug-likeness (QED) is 0.182. The summed E-state index contributed by atoms with van der Waals surface area (Å²) in [7, 11) is 0. The molecule has 0 spiro atoms. The highest BCUT2D eigenvalue weighted by atomic mass is 32.1. The molecule has 212 valence electrons. The average molecular weight is 581 g/mol. The highest BCUT2D eigenvalue weighted by Crippen LogP contribution is 2.35. The number of nitro benzene ring substituents is 1. The molecule has 0 saturated carbocycles. The maximum Gasteiger partial charge on any atom is 0.338 e. The lowest BCUT2D eigenvalue weighted by Gasteiger charge is -2.25. The van der Waals surface area contributed by atoms with Crippen LogP contribution < -0.4 is 19.8 Å². The molecular formula is C32H28N4O5S. The van der Waals surface area contributed by atoms with Crippen LogP contribution in [0.5, 0.6) is 0 Å². The number of thiazole rings is 1. The molecule has 0 N–H and O–H groups in total. The molecule has 1 saturated heterocycles. The zero-order chi connectivity index (χ0) is 29.2. The van der Waals surface area contributed by atoms with E-state index in [9.17, 15) is 19.7 Å². The molecule has 3 heterocycles. The van der Waals surface area contributed by atoms with Crippen molar-refractivity contribution in [3.05, 3.63) is 131 Å². The number of hydrogen-bond donors (Lipinski definition) is 0. The van der Waals surface area contributed by atoms with E-state index in [0.717, 1.165) is 42.7 Å². The Morgan fingerprint density at radius 2 is 1.76 bits per heavy atom. The van der Waals surface area contributed by atoms with E-state index in [2.05, 4.69) is 4.90 Å². The van der Waals surface area contributed by atoms with Crippen LogP contribution in [0, 0.1) is 10.1 Å². The number of esters is 1. The second kappa shape index (κ2) is 11.6. The van der Waals surface area contributed by atoms with Gasteiger partial charge in [-0.05, 0) is 37.5 Å². The Balaban J connectivity index is 1.62. The molecule has 0 bridgehead atoms. The molecule has 1 atom stereocenters. The zero-order valence-electron chi connectivity index (χ0n) is 22.9. The Bertz CT molecular complexity index is 1870. The molecule has 2 aliphatic rings. The van der Waals surface area contributed by atoms with E-state index in [1.165, 1.54) is 28.0 Å². The predicted molar refractivity (Wildman–Crippen MR) is 162 cm³/mol. The minimum Gasteiger partial charge on any atom is -0.463 e. The first-order valence-electron chi connectivity index (χ1n) is 13.8. The monoisotopic (exact) mass is 580 g/mol. The van der Waals surface area contributed by atoms with Gasteiger partial charge in [0.15, 0.2) is 4.80 Å². The fraction of sp³-hybridized carbons (Fsp3) is 0.219. The Morgan fingerprint density at radius 1 is 1.07 bits per heavy atom. The molecule has 6 rings (SSSR count). The Kier molecular flexibility index (Phi) is 7.54. The van der Waals surface area contributed by atoms with E-state index in [1.54, 1.807) is 19.1 Å². The molecular weight excluding hydrogens is 552 g/mol. The van der Waals surface area contributed by atoms with Gasteiger partial charge in [-0.15, -0.1) is 0 Å². The number of aromatic nitrogens is 1. The van der Waals surface area contributed by atoms with Gasteiger partial charge in [0.1, 0.15) is 0 Å². The number of carbonyl (C=O) groups is 1. The second-order valence-corrected chi connectivity index (χ2v) is 11.0. The van der Waals surface area contributed by atoms with E-state index in [4.69, 9.17) is 9.73 Å². The Hall–Kier alpha value is -4.83. The second-order valence-electron chi connectivity index (χ2n) is 10.0. The number of hydrogen-bond acceptors (Lipinski definition) is 8. The van der Waals surface area contributed by atoms with E-state index >= 15 is 0 Å². The first-order chi connectivity index (χ1) is 20.5. The van der Waals surface area contributed by atoms with Crippen molar-refractivity contribution in [1.82, 2.24) is 4.57 Å². The predicted octanol–water partition coefficient (Wildman–Crippen LogP) is 4.44. The molecule has 1 fully saturated rings. The van der Waals surface area contributed by atoms with Gasteiger partial charge in [-0.1, -0.05) is 72.0 Å². The summed E-state index contributed by atoms with van der Waals surface area (Å²) < 4.78 is 7.41. The lowest BCUT2D eigenvalue weighted by molar-refractivity contribution is -0.384. The minimum absolute atomic E-state index is 0.0462. The van der Waals surface area contributed by atoms with Crippen LogP contribution in [-0.2, 0) is 9.53 Å². The molecule has 2 aliphatic heterocycles. The maximum atomic E-state index is 14.2. The van der Waals surface area contributed by atoms with Crippen LogP contribution >= 0.6 is 11.3 Å². The van der Waals surface area contributed by atoms with Gasteiger partial charge in [-0.3, -0.25) is 19.5 Å². The summed E-state index contributed by atoms with van der Waals surface area (Å²) in [5.74, 6) is -0.543. The van der Waals surface area contributed by atoms with E-state index in [0.29, 0.717) is 20.6 Å². The van der Waals surface area contributed by atoms with Crippen molar-refractivity contribution in [3.8, 4) is 0 Å². The van der Waals surface area contributed by atoms with Gasteiger partial charge in [0, 0.05) is 42.0 Å². The summed E-state index contributed by atoms with van der Waals surface area (Å²) >= 11 is 1.20. The van der Waals surface area contributed by atoms with Crippen LogP contribution in [0.1, 0.15) is 42.5 Å². The number of fused-ring (bicyclic) bond motifs is 1. The Morgan fingerprint density at radius 3 is 2.43 bits per heavy atom. The van der Waals surface area contributed by atoms with Crippen molar-refractivity contribution in [1.29, 1.82) is 0 Å². The molecule has 42 heavy (non-hydrogen) atoms. The third-order valence-electron chi connectivity index (χ3n) is 7.44. The molecule has 0 amide bonds. The van der Waals surface area contributed by atoms with Crippen LogP contribution in [0.2, 0.25) is 0 Å². The molecule has 0 aliphatic carbocycles. The van der Waals surface area contributed by atoms with E-state index in [1.807, 2.05) is 60.7 Å². The van der Waals surface area contributed by atoms with Crippen molar-refractivity contribution < 1.29 is 14.5 Å². The summed E-state index contributed by atoms with van der Waals surface area (Å²) in [6.45, 7) is 3.60. The standard InChI is InChI=1S/C32H28N4O5S/c1-2-41-31(38)27-28(21-11-5-3-6-12-21)33-32-35(29(27)22-13-7-4-8-14-22)30(37)26(42-32)20-23-19-24(36(39)40)15-16-25(23)34-17-9-10-18-34/h3-8,11-16,19-20,29H,2,9-10,17-18H2,1H3. The first kappa shape index (κ1) is 27.3. The van der Waals surface area contributed by atoms with Crippen molar-refractivity contribution >= 4 is 40.5 Å². The van der Waals surface area contributed by atoms with E-state index < -0.39 is 16.9 Å². The molecule has 10 heteroatoms. The number of non-ortho nitro benzene ring substituents is 1. The minimum atomic E-state index is -0.776. The third kappa shape index (κ3) is 5.05. The summed E-state index contributed by atoms with van der Waals surface area (Å²) in [6.07, 6.45) is 3.78. The molecule has 3 aromatic carbocycles. The van der Waals surface area contributed by atoms with Crippen LogP contribution in [0.4, 0.5) is 11.4 Å². The Labute approximate surface area is 245 Å². The fourth-order valence-electron chi connectivity index (χ4n) is 5.55. The largest absolute Gasteiger partial charge is 0.463 e. The van der Waals surface area contributed by atoms with Gasteiger partial charge in [-0.25, -0.2) is 9.79 Å².